The van der Waals surface area contributed by atoms with Crippen LogP contribution in [0.1, 0.15) is 22.3 Å². The van der Waals surface area contributed by atoms with Crippen molar-refractivity contribution >= 4 is 34.5 Å². The average molecular weight is 457 g/mol. The maximum absolute atomic E-state index is 12.5. The van der Waals surface area contributed by atoms with Gasteiger partial charge < -0.3 is 5.32 Å². The van der Waals surface area contributed by atoms with Crippen molar-refractivity contribution in [2.45, 2.75) is 32.9 Å². The van der Waals surface area contributed by atoms with Gasteiger partial charge in [0.25, 0.3) is 0 Å². The minimum Gasteiger partial charge on any atom is -0.325 e. The third-order valence-corrected chi connectivity index (χ3v) is 6.44. The monoisotopic (exact) mass is 456 g/mol. The van der Waals surface area contributed by atoms with E-state index in [1.54, 1.807) is 0 Å². The molecule has 1 amide bonds. The van der Waals surface area contributed by atoms with Crippen LogP contribution in [0.3, 0.4) is 0 Å². The normalized spacial score (nSPS) is 11.4. The summed E-state index contributed by atoms with van der Waals surface area (Å²) >= 11 is 1.36. The van der Waals surface area contributed by atoms with Crippen molar-refractivity contribution in [3.8, 4) is 11.3 Å². The van der Waals surface area contributed by atoms with Crippen molar-refractivity contribution in [1.82, 2.24) is 24.2 Å². The van der Waals surface area contributed by atoms with Gasteiger partial charge in [-0.05, 0) is 68.7 Å². The Hall–Kier alpha value is -3.65. The van der Waals surface area contributed by atoms with Gasteiger partial charge in [-0.25, -0.2) is 4.52 Å². The SMILES string of the molecule is Cc1cc(C)cc(NC(=O)CSc2nnc3c4cc(-c5cc(C)ccc5C)nn4ccn23)c1. The molecule has 0 aliphatic rings. The number of carbonyl (C=O) groups excluding carboxylic acids is 1. The number of nitrogens with zero attached hydrogens (tertiary/aromatic N) is 5. The Morgan fingerprint density at radius 2 is 1.73 bits per heavy atom. The quantitative estimate of drug-likeness (QED) is 0.376. The van der Waals surface area contributed by atoms with Crippen molar-refractivity contribution in [2.75, 3.05) is 11.1 Å². The Labute approximate surface area is 195 Å². The maximum atomic E-state index is 12.5. The summed E-state index contributed by atoms with van der Waals surface area (Å²) in [6.07, 6.45) is 3.77. The molecule has 3 aromatic heterocycles. The lowest BCUT2D eigenvalue weighted by Crippen LogP contribution is -2.14. The standard InChI is InChI=1S/C25H24N6OS/c1-15-5-6-18(4)20(12-15)21-13-22-24-27-28-25(30(24)7-8-31(22)29-21)33-14-23(32)26-19-10-16(2)9-17(3)11-19/h5-13H,14H2,1-4H3,(H,26,32). The highest BCUT2D eigenvalue weighted by Crippen LogP contribution is 2.27. The number of aromatic nitrogens is 5. The van der Waals surface area contributed by atoms with Crippen LogP contribution in [0.4, 0.5) is 5.69 Å². The number of carbonyl (C=O) groups is 1. The van der Waals surface area contributed by atoms with E-state index < -0.39 is 0 Å². The van der Waals surface area contributed by atoms with Gasteiger partial charge in [-0.1, -0.05) is 35.5 Å². The van der Waals surface area contributed by atoms with E-state index >= 15 is 0 Å². The fourth-order valence-corrected chi connectivity index (χ4v) is 4.72. The van der Waals surface area contributed by atoms with Crippen LogP contribution in [0.15, 0.2) is 60.0 Å². The summed E-state index contributed by atoms with van der Waals surface area (Å²) in [6, 6.07) is 14.4. The Balaban J connectivity index is 1.39. The van der Waals surface area contributed by atoms with Gasteiger partial charge >= 0.3 is 0 Å². The van der Waals surface area contributed by atoms with Crippen molar-refractivity contribution in [2.24, 2.45) is 0 Å². The van der Waals surface area contributed by atoms with Crippen molar-refractivity contribution in [3.05, 3.63) is 77.1 Å². The molecule has 0 aliphatic carbocycles. The van der Waals surface area contributed by atoms with Gasteiger partial charge in [-0.15, -0.1) is 10.2 Å². The van der Waals surface area contributed by atoms with E-state index in [1.807, 2.05) is 53.4 Å². The summed E-state index contributed by atoms with van der Waals surface area (Å²) in [4.78, 5) is 12.5. The van der Waals surface area contributed by atoms with Crippen LogP contribution >= 0.6 is 11.8 Å². The summed E-state index contributed by atoms with van der Waals surface area (Å²) in [6.45, 7) is 8.20. The molecular weight excluding hydrogens is 432 g/mol. The summed E-state index contributed by atoms with van der Waals surface area (Å²) in [5.74, 6) is 0.163. The number of anilines is 1. The van der Waals surface area contributed by atoms with Gasteiger partial charge in [0.1, 0.15) is 5.52 Å². The lowest BCUT2D eigenvalue weighted by Gasteiger charge is -2.07. The molecule has 7 nitrogen and oxygen atoms in total. The highest BCUT2D eigenvalue weighted by Gasteiger charge is 2.15. The lowest BCUT2D eigenvalue weighted by molar-refractivity contribution is -0.113. The van der Waals surface area contributed by atoms with E-state index in [9.17, 15) is 4.79 Å². The van der Waals surface area contributed by atoms with E-state index in [1.165, 1.54) is 22.9 Å². The highest BCUT2D eigenvalue weighted by molar-refractivity contribution is 7.99. The van der Waals surface area contributed by atoms with Crippen molar-refractivity contribution in [3.63, 3.8) is 0 Å². The third kappa shape index (κ3) is 4.21. The molecule has 0 atom stereocenters. The Kier molecular flexibility index (Phi) is 5.38. The second-order valence-electron chi connectivity index (χ2n) is 8.37. The fraction of sp³-hybridized carbons (Fsp3) is 0.200. The molecular formula is C25H24N6OS. The van der Waals surface area contributed by atoms with Crippen LogP contribution in [0.5, 0.6) is 0 Å². The Morgan fingerprint density at radius 1 is 0.939 bits per heavy atom. The molecule has 2 aromatic carbocycles. The van der Waals surface area contributed by atoms with E-state index in [4.69, 9.17) is 5.10 Å². The lowest BCUT2D eigenvalue weighted by atomic mass is 10.0. The van der Waals surface area contributed by atoms with Gasteiger partial charge in [0.05, 0.1) is 11.4 Å². The van der Waals surface area contributed by atoms with Crippen LogP contribution in [0, 0.1) is 27.7 Å². The molecule has 0 unspecified atom stereocenters. The van der Waals surface area contributed by atoms with E-state index in [0.29, 0.717) is 10.8 Å². The second-order valence-corrected chi connectivity index (χ2v) is 9.31. The van der Waals surface area contributed by atoms with Gasteiger partial charge in [0.2, 0.25) is 5.91 Å². The number of hydrogen-bond acceptors (Lipinski definition) is 5. The molecule has 166 valence electrons. The Bertz CT molecular complexity index is 1500. The zero-order valence-corrected chi connectivity index (χ0v) is 19.8. The van der Waals surface area contributed by atoms with Crippen LogP contribution < -0.4 is 5.32 Å². The Morgan fingerprint density at radius 3 is 2.52 bits per heavy atom. The number of aryl methyl sites for hydroxylation is 4. The van der Waals surface area contributed by atoms with Gasteiger partial charge in [-0.2, -0.15) is 5.10 Å². The summed E-state index contributed by atoms with van der Waals surface area (Å²) in [5.41, 5.74) is 8.99. The first-order valence-corrected chi connectivity index (χ1v) is 11.7. The molecule has 5 aromatic rings. The van der Waals surface area contributed by atoms with Crippen molar-refractivity contribution in [1.29, 1.82) is 0 Å². The topological polar surface area (TPSA) is 76.6 Å². The minimum atomic E-state index is -0.0793. The molecule has 0 saturated heterocycles. The molecule has 0 fully saturated rings. The first-order valence-electron chi connectivity index (χ1n) is 10.7. The number of hydrogen-bond donors (Lipinski definition) is 1. The molecule has 1 N–H and O–H groups in total. The zero-order chi connectivity index (χ0) is 23.1. The molecule has 5 rings (SSSR count). The second kappa shape index (κ2) is 8.37. The maximum Gasteiger partial charge on any atom is 0.234 e. The zero-order valence-electron chi connectivity index (χ0n) is 19.0. The van der Waals surface area contributed by atoms with E-state index in [0.717, 1.165) is 33.6 Å². The van der Waals surface area contributed by atoms with E-state index in [-0.39, 0.29) is 11.7 Å². The highest BCUT2D eigenvalue weighted by atomic mass is 32.2. The first-order chi connectivity index (χ1) is 15.9. The minimum absolute atomic E-state index is 0.0793. The number of benzene rings is 2. The molecule has 0 aliphatic heterocycles. The smallest absolute Gasteiger partial charge is 0.234 e. The summed E-state index contributed by atoms with van der Waals surface area (Å²) < 4.78 is 3.72. The van der Waals surface area contributed by atoms with E-state index in [2.05, 4.69) is 53.6 Å². The summed E-state index contributed by atoms with van der Waals surface area (Å²) in [7, 11) is 0. The van der Waals surface area contributed by atoms with Crippen LogP contribution in [-0.4, -0.2) is 35.9 Å². The molecule has 0 saturated carbocycles. The largest absolute Gasteiger partial charge is 0.325 e. The van der Waals surface area contributed by atoms with Crippen LogP contribution in [-0.2, 0) is 4.79 Å². The predicted octanol–water partition coefficient (Wildman–Crippen LogP) is 5.01. The van der Waals surface area contributed by atoms with Crippen LogP contribution in [0.2, 0.25) is 0 Å². The van der Waals surface area contributed by atoms with Crippen molar-refractivity contribution < 1.29 is 4.79 Å². The molecule has 8 heteroatoms. The first kappa shape index (κ1) is 21.2. The molecule has 0 bridgehead atoms. The number of amides is 1. The third-order valence-electron chi connectivity index (χ3n) is 5.49. The molecule has 0 radical (unpaired) electrons. The molecule has 0 spiro atoms. The number of rotatable bonds is 5. The number of nitrogens with one attached hydrogen (secondary N) is 1. The number of thioether (sulfide) groups is 1. The summed E-state index contributed by atoms with van der Waals surface area (Å²) in [5, 5.41) is 17.1. The average Bonchev–Trinajstić information content (AvgIpc) is 3.37. The van der Waals surface area contributed by atoms with Gasteiger partial charge in [-0.3, -0.25) is 9.20 Å². The fourth-order valence-electron chi connectivity index (χ4n) is 4.01. The van der Waals surface area contributed by atoms with Gasteiger partial charge in [0.15, 0.2) is 10.8 Å². The number of fused-ring (bicyclic) bond motifs is 3. The van der Waals surface area contributed by atoms with Gasteiger partial charge in [0, 0.05) is 23.6 Å². The molecule has 33 heavy (non-hydrogen) atoms. The van der Waals surface area contributed by atoms with Crippen LogP contribution in [0.25, 0.3) is 22.4 Å². The molecule has 3 heterocycles. The predicted molar refractivity (Wildman–Crippen MR) is 132 cm³/mol.